The Balaban J connectivity index is 2.21. The molecule has 0 aliphatic carbocycles. The Hall–Kier alpha value is -1.49. The van der Waals surface area contributed by atoms with Crippen LogP contribution >= 0.6 is 34.5 Å². The van der Waals surface area contributed by atoms with Gasteiger partial charge in [0, 0.05) is 10.9 Å². The molecule has 0 saturated carbocycles. The zero-order valence-corrected chi connectivity index (χ0v) is 12.8. The van der Waals surface area contributed by atoms with Crippen molar-refractivity contribution in [3.63, 3.8) is 0 Å². The van der Waals surface area contributed by atoms with E-state index in [1.165, 1.54) is 0 Å². The maximum atomic E-state index is 6.07. The monoisotopic (exact) mass is 324 g/mol. The molecule has 0 unspecified atom stereocenters. The highest BCUT2D eigenvalue weighted by Gasteiger charge is 2.20. The number of hydrogen-bond donors (Lipinski definition) is 1. The van der Waals surface area contributed by atoms with Crippen LogP contribution in [0.5, 0.6) is 0 Å². The van der Waals surface area contributed by atoms with Gasteiger partial charge in [0.15, 0.2) is 11.6 Å². The van der Waals surface area contributed by atoms with Gasteiger partial charge in [-0.3, -0.25) is 0 Å². The van der Waals surface area contributed by atoms with Crippen LogP contribution in [-0.4, -0.2) is 5.16 Å². The van der Waals surface area contributed by atoms with Crippen molar-refractivity contribution in [2.45, 2.75) is 6.92 Å². The van der Waals surface area contributed by atoms with E-state index < -0.39 is 0 Å². The summed E-state index contributed by atoms with van der Waals surface area (Å²) in [5.41, 5.74) is 9.62. The zero-order chi connectivity index (χ0) is 14.3. The van der Waals surface area contributed by atoms with Crippen molar-refractivity contribution in [1.82, 2.24) is 5.16 Å². The quantitative estimate of drug-likeness (QED) is 0.698. The molecule has 6 heteroatoms. The lowest BCUT2D eigenvalue weighted by molar-refractivity contribution is 0.436. The highest BCUT2D eigenvalue weighted by molar-refractivity contribution is 7.08. The second-order valence-corrected chi connectivity index (χ2v) is 5.93. The van der Waals surface area contributed by atoms with Gasteiger partial charge in [0.05, 0.1) is 15.6 Å². The SMILES string of the molecule is Cc1cscc1-c1onc(N)c1-c1ccc(Cl)c(Cl)c1. The number of thiophene rings is 1. The molecule has 2 aromatic heterocycles. The van der Waals surface area contributed by atoms with Gasteiger partial charge in [-0.15, -0.1) is 0 Å². The summed E-state index contributed by atoms with van der Waals surface area (Å²) in [6, 6.07) is 5.34. The summed E-state index contributed by atoms with van der Waals surface area (Å²) in [7, 11) is 0. The molecule has 0 bridgehead atoms. The Bertz CT molecular complexity index is 779. The van der Waals surface area contributed by atoms with E-state index in [0.717, 1.165) is 22.3 Å². The Morgan fingerprint density at radius 3 is 2.65 bits per heavy atom. The number of nitrogens with zero attached hydrogens (tertiary/aromatic N) is 1. The van der Waals surface area contributed by atoms with Crippen molar-refractivity contribution in [2.75, 3.05) is 5.73 Å². The molecular formula is C14H10Cl2N2OS. The first-order valence-electron chi connectivity index (χ1n) is 5.81. The van der Waals surface area contributed by atoms with Gasteiger partial charge in [0.25, 0.3) is 0 Å². The van der Waals surface area contributed by atoms with Crippen LogP contribution < -0.4 is 5.73 Å². The number of nitrogen functional groups attached to an aromatic ring is 1. The van der Waals surface area contributed by atoms with Crippen molar-refractivity contribution in [3.8, 4) is 22.5 Å². The Kier molecular flexibility index (Phi) is 3.46. The molecule has 0 aliphatic heterocycles. The van der Waals surface area contributed by atoms with Crippen LogP contribution in [0.25, 0.3) is 22.5 Å². The van der Waals surface area contributed by atoms with Crippen molar-refractivity contribution < 1.29 is 4.52 Å². The lowest BCUT2D eigenvalue weighted by atomic mass is 10.0. The average Bonchev–Trinajstić information content (AvgIpc) is 2.99. The Labute approximate surface area is 129 Å². The van der Waals surface area contributed by atoms with E-state index >= 15 is 0 Å². The van der Waals surface area contributed by atoms with E-state index in [9.17, 15) is 0 Å². The zero-order valence-electron chi connectivity index (χ0n) is 10.5. The Morgan fingerprint density at radius 1 is 1.20 bits per heavy atom. The summed E-state index contributed by atoms with van der Waals surface area (Å²) in [6.45, 7) is 2.02. The average molecular weight is 325 g/mol. The summed E-state index contributed by atoms with van der Waals surface area (Å²) >= 11 is 13.6. The normalized spacial score (nSPS) is 10.9. The number of hydrogen-bond acceptors (Lipinski definition) is 4. The first-order valence-corrected chi connectivity index (χ1v) is 7.51. The van der Waals surface area contributed by atoms with Crippen molar-refractivity contribution in [3.05, 3.63) is 44.6 Å². The minimum absolute atomic E-state index is 0.337. The van der Waals surface area contributed by atoms with Gasteiger partial charge in [-0.1, -0.05) is 34.4 Å². The predicted molar refractivity (Wildman–Crippen MR) is 84.4 cm³/mol. The number of rotatable bonds is 2. The number of anilines is 1. The van der Waals surface area contributed by atoms with Crippen LogP contribution in [0.15, 0.2) is 33.5 Å². The Morgan fingerprint density at radius 2 is 2.00 bits per heavy atom. The summed E-state index contributed by atoms with van der Waals surface area (Å²) in [4.78, 5) is 0. The minimum atomic E-state index is 0.337. The van der Waals surface area contributed by atoms with Gasteiger partial charge >= 0.3 is 0 Å². The second kappa shape index (κ2) is 5.13. The summed E-state index contributed by atoms with van der Waals surface area (Å²) in [6.07, 6.45) is 0. The fraction of sp³-hybridized carbons (Fsp3) is 0.0714. The van der Waals surface area contributed by atoms with Gasteiger partial charge in [-0.2, -0.15) is 11.3 Å². The molecule has 0 atom stereocenters. The van der Waals surface area contributed by atoms with Gasteiger partial charge in [0.1, 0.15) is 0 Å². The summed E-state index contributed by atoms with van der Waals surface area (Å²) < 4.78 is 5.40. The van der Waals surface area contributed by atoms with Crippen LogP contribution in [0.4, 0.5) is 5.82 Å². The molecule has 3 rings (SSSR count). The van der Waals surface area contributed by atoms with Gasteiger partial charge in [-0.25, -0.2) is 0 Å². The lowest BCUT2D eigenvalue weighted by Crippen LogP contribution is -1.89. The van der Waals surface area contributed by atoms with Gasteiger partial charge < -0.3 is 10.3 Å². The molecule has 0 radical (unpaired) electrons. The number of halogens is 2. The molecule has 0 aliphatic rings. The third-order valence-electron chi connectivity index (χ3n) is 3.03. The van der Waals surface area contributed by atoms with E-state index in [1.807, 2.05) is 23.8 Å². The van der Waals surface area contributed by atoms with Gasteiger partial charge in [-0.05, 0) is 35.6 Å². The summed E-state index contributed by atoms with van der Waals surface area (Å²) in [5.74, 6) is 0.989. The van der Waals surface area contributed by atoms with Crippen LogP contribution in [0.1, 0.15) is 5.56 Å². The van der Waals surface area contributed by atoms with Crippen LogP contribution in [0, 0.1) is 6.92 Å². The standard InChI is InChI=1S/C14H10Cl2N2OS/c1-7-5-20-6-9(7)13-12(14(17)18-19-13)8-2-3-10(15)11(16)4-8/h2-6H,1H3,(H2,17,18). The third kappa shape index (κ3) is 2.20. The maximum absolute atomic E-state index is 6.07. The van der Waals surface area contributed by atoms with E-state index in [2.05, 4.69) is 5.16 Å². The summed E-state index contributed by atoms with van der Waals surface area (Å²) in [5, 5.41) is 8.90. The van der Waals surface area contributed by atoms with E-state index in [-0.39, 0.29) is 0 Å². The van der Waals surface area contributed by atoms with Crippen LogP contribution in [-0.2, 0) is 0 Å². The number of aromatic nitrogens is 1. The number of aryl methyl sites for hydroxylation is 1. The molecular weight excluding hydrogens is 315 g/mol. The van der Waals surface area contributed by atoms with Gasteiger partial charge in [0.2, 0.25) is 0 Å². The molecule has 0 fully saturated rings. The number of benzene rings is 1. The molecule has 0 amide bonds. The van der Waals surface area contributed by atoms with E-state index in [4.69, 9.17) is 33.5 Å². The van der Waals surface area contributed by atoms with Crippen molar-refractivity contribution >= 4 is 40.4 Å². The topological polar surface area (TPSA) is 52.0 Å². The second-order valence-electron chi connectivity index (χ2n) is 4.37. The molecule has 3 aromatic rings. The maximum Gasteiger partial charge on any atom is 0.178 e. The first-order chi connectivity index (χ1) is 9.58. The van der Waals surface area contributed by atoms with Crippen LogP contribution in [0.2, 0.25) is 10.0 Å². The molecule has 102 valence electrons. The molecule has 0 spiro atoms. The van der Waals surface area contributed by atoms with Crippen LogP contribution in [0.3, 0.4) is 0 Å². The predicted octanol–water partition coefficient (Wildman–Crippen LogP) is 5.27. The fourth-order valence-electron chi connectivity index (χ4n) is 2.01. The molecule has 20 heavy (non-hydrogen) atoms. The van der Waals surface area contributed by atoms with E-state index in [0.29, 0.717) is 21.6 Å². The fourth-order valence-corrected chi connectivity index (χ4v) is 3.14. The molecule has 1 aromatic carbocycles. The molecule has 0 saturated heterocycles. The third-order valence-corrected chi connectivity index (χ3v) is 4.63. The molecule has 2 heterocycles. The highest BCUT2D eigenvalue weighted by atomic mass is 35.5. The minimum Gasteiger partial charge on any atom is -0.380 e. The lowest BCUT2D eigenvalue weighted by Gasteiger charge is -2.04. The van der Waals surface area contributed by atoms with Crippen molar-refractivity contribution in [2.24, 2.45) is 0 Å². The highest BCUT2D eigenvalue weighted by Crippen LogP contribution is 2.40. The van der Waals surface area contributed by atoms with E-state index in [1.54, 1.807) is 23.5 Å². The number of nitrogens with two attached hydrogens (primary N) is 1. The smallest absolute Gasteiger partial charge is 0.178 e. The molecule has 2 N–H and O–H groups in total. The largest absolute Gasteiger partial charge is 0.380 e. The first kappa shape index (κ1) is 13.5. The molecule has 3 nitrogen and oxygen atoms in total. The van der Waals surface area contributed by atoms with Crippen molar-refractivity contribution in [1.29, 1.82) is 0 Å².